The standard InChI is InChI=1S/C13H24BrN/c14-10-12-6-5-9-15(11-12)13-7-3-1-2-4-8-13/h12-13H,1-11H2. The van der Waals surface area contributed by atoms with Gasteiger partial charge >= 0.3 is 0 Å². The Morgan fingerprint density at radius 1 is 0.933 bits per heavy atom. The molecule has 1 saturated heterocycles. The molecule has 0 radical (unpaired) electrons. The Kier molecular flexibility index (Phi) is 4.96. The molecule has 1 saturated carbocycles. The van der Waals surface area contributed by atoms with Crippen molar-refractivity contribution in [3.63, 3.8) is 0 Å². The first-order chi connectivity index (χ1) is 7.40. The van der Waals surface area contributed by atoms with Gasteiger partial charge in [0.1, 0.15) is 0 Å². The average Bonchev–Trinajstić information content (AvgIpc) is 2.58. The summed E-state index contributed by atoms with van der Waals surface area (Å²) in [6.07, 6.45) is 11.7. The summed E-state index contributed by atoms with van der Waals surface area (Å²) >= 11 is 3.65. The van der Waals surface area contributed by atoms with E-state index in [9.17, 15) is 0 Å². The van der Waals surface area contributed by atoms with Gasteiger partial charge in [-0.2, -0.15) is 0 Å². The Balaban J connectivity index is 1.84. The second kappa shape index (κ2) is 6.24. The summed E-state index contributed by atoms with van der Waals surface area (Å²) in [4.78, 5) is 2.79. The van der Waals surface area contributed by atoms with Crippen LogP contribution < -0.4 is 0 Å². The van der Waals surface area contributed by atoms with Gasteiger partial charge in [0.15, 0.2) is 0 Å². The molecule has 1 atom stereocenters. The van der Waals surface area contributed by atoms with Gasteiger partial charge in [-0.15, -0.1) is 0 Å². The SMILES string of the molecule is BrCC1CCCN(C2CCCCCC2)C1. The Labute approximate surface area is 103 Å². The third-order valence-electron chi connectivity index (χ3n) is 4.11. The maximum absolute atomic E-state index is 3.65. The van der Waals surface area contributed by atoms with Gasteiger partial charge in [-0.05, 0) is 38.1 Å². The monoisotopic (exact) mass is 273 g/mol. The Morgan fingerprint density at radius 3 is 2.33 bits per heavy atom. The molecule has 1 aliphatic carbocycles. The number of likely N-dealkylation sites (tertiary alicyclic amines) is 1. The molecule has 0 spiro atoms. The minimum absolute atomic E-state index is 0.919. The van der Waals surface area contributed by atoms with Crippen molar-refractivity contribution in [2.45, 2.75) is 57.4 Å². The topological polar surface area (TPSA) is 3.24 Å². The summed E-state index contributed by atoms with van der Waals surface area (Å²) in [6, 6.07) is 0.925. The van der Waals surface area contributed by atoms with Crippen LogP contribution in [0.25, 0.3) is 0 Å². The second-order valence-electron chi connectivity index (χ2n) is 5.30. The molecule has 0 bridgehead atoms. The minimum atomic E-state index is 0.919. The van der Waals surface area contributed by atoms with E-state index < -0.39 is 0 Å². The van der Waals surface area contributed by atoms with Crippen molar-refractivity contribution in [2.24, 2.45) is 5.92 Å². The van der Waals surface area contributed by atoms with E-state index in [1.807, 2.05) is 0 Å². The highest BCUT2D eigenvalue weighted by molar-refractivity contribution is 9.09. The molecule has 2 aliphatic rings. The zero-order valence-electron chi connectivity index (χ0n) is 9.76. The molecule has 0 aromatic heterocycles. The molecule has 2 heteroatoms. The fourth-order valence-corrected chi connectivity index (χ4v) is 3.71. The molecule has 2 rings (SSSR count). The molecule has 0 amide bonds. The molecule has 1 nitrogen and oxygen atoms in total. The summed E-state index contributed by atoms with van der Waals surface area (Å²) in [5.41, 5.74) is 0. The van der Waals surface area contributed by atoms with E-state index >= 15 is 0 Å². The summed E-state index contributed by atoms with van der Waals surface area (Å²) in [5.74, 6) is 0.919. The van der Waals surface area contributed by atoms with Crippen LogP contribution in [0.1, 0.15) is 51.4 Å². The number of hydrogen-bond donors (Lipinski definition) is 0. The summed E-state index contributed by atoms with van der Waals surface area (Å²) < 4.78 is 0. The fraction of sp³-hybridized carbons (Fsp3) is 1.00. The van der Waals surface area contributed by atoms with Crippen LogP contribution >= 0.6 is 15.9 Å². The number of halogens is 1. The van der Waals surface area contributed by atoms with E-state index in [0.29, 0.717) is 0 Å². The number of alkyl halides is 1. The van der Waals surface area contributed by atoms with Gasteiger partial charge in [0.05, 0.1) is 0 Å². The van der Waals surface area contributed by atoms with Crippen molar-refractivity contribution in [1.29, 1.82) is 0 Å². The Hall–Kier alpha value is 0.440. The summed E-state index contributed by atoms with van der Waals surface area (Å²) in [6.45, 7) is 2.73. The Bertz CT molecular complexity index is 175. The fourth-order valence-electron chi connectivity index (χ4n) is 3.18. The number of rotatable bonds is 2. The molecule has 0 aromatic rings. The Morgan fingerprint density at radius 2 is 1.67 bits per heavy atom. The van der Waals surface area contributed by atoms with Crippen molar-refractivity contribution in [3.05, 3.63) is 0 Å². The first kappa shape index (κ1) is 11.9. The van der Waals surface area contributed by atoms with E-state index in [-0.39, 0.29) is 0 Å². The van der Waals surface area contributed by atoms with Crippen LogP contribution in [-0.4, -0.2) is 29.4 Å². The van der Waals surface area contributed by atoms with Crippen molar-refractivity contribution < 1.29 is 0 Å². The lowest BCUT2D eigenvalue weighted by Crippen LogP contribution is -2.42. The van der Waals surface area contributed by atoms with E-state index in [2.05, 4.69) is 20.8 Å². The number of nitrogens with zero attached hydrogens (tertiary/aromatic N) is 1. The molecule has 88 valence electrons. The highest BCUT2D eigenvalue weighted by atomic mass is 79.9. The molecule has 0 aromatic carbocycles. The predicted molar refractivity (Wildman–Crippen MR) is 69.6 cm³/mol. The van der Waals surface area contributed by atoms with Crippen LogP contribution in [0.3, 0.4) is 0 Å². The van der Waals surface area contributed by atoms with Gasteiger partial charge in [0.25, 0.3) is 0 Å². The molecule has 0 N–H and O–H groups in total. The van der Waals surface area contributed by atoms with Gasteiger partial charge in [0.2, 0.25) is 0 Å². The third-order valence-corrected chi connectivity index (χ3v) is 5.03. The van der Waals surface area contributed by atoms with Crippen LogP contribution in [0.2, 0.25) is 0 Å². The van der Waals surface area contributed by atoms with Crippen molar-refractivity contribution in [2.75, 3.05) is 18.4 Å². The average molecular weight is 274 g/mol. The molecule has 2 fully saturated rings. The molecule has 1 heterocycles. The van der Waals surface area contributed by atoms with Gasteiger partial charge in [-0.1, -0.05) is 41.6 Å². The molecular weight excluding hydrogens is 250 g/mol. The third kappa shape index (κ3) is 3.45. The zero-order valence-corrected chi connectivity index (χ0v) is 11.3. The van der Waals surface area contributed by atoms with Crippen LogP contribution in [0.5, 0.6) is 0 Å². The van der Waals surface area contributed by atoms with E-state index in [1.165, 1.54) is 69.8 Å². The van der Waals surface area contributed by atoms with E-state index in [1.54, 1.807) is 0 Å². The maximum Gasteiger partial charge on any atom is 0.00953 e. The van der Waals surface area contributed by atoms with Crippen LogP contribution in [0, 0.1) is 5.92 Å². The molecule has 1 aliphatic heterocycles. The van der Waals surface area contributed by atoms with Gasteiger partial charge in [0, 0.05) is 17.9 Å². The number of piperidine rings is 1. The van der Waals surface area contributed by atoms with E-state index in [4.69, 9.17) is 0 Å². The van der Waals surface area contributed by atoms with Gasteiger partial charge in [-0.25, -0.2) is 0 Å². The first-order valence-electron chi connectivity index (χ1n) is 6.70. The van der Waals surface area contributed by atoms with Gasteiger partial charge in [-0.3, -0.25) is 0 Å². The van der Waals surface area contributed by atoms with Crippen LogP contribution in [0.15, 0.2) is 0 Å². The lowest BCUT2D eigenvalue weighted by Gasteiger charge is -2.37. The van der Waals surface area contributed by atoms with Gasteiger partial charge < -0.3 is 4.90 Å². The second-order valence-corrected chi connectivity index (χ2v) is 5.95. The summed E-state index contributed by atoms with van der Waals surface area (Å²) in [7, 11) is 0. The highest BCUT2D eigenvalue weighted by Crippen LogP contribution is 2.27. The smallest absolute Gasteiger partial charge is 0.00953 e. The predicted octanol–water partition coefficient (Wildman–Crippen LogP) is 3.82. The van der Waals surface area contributed by atoms with Crippen molar-refractivity contribution in [1.82, 2.24) is 4.90 Å². The summed E-state index contributed by atoms with van der Waals surface area (Å²) in [5, 5.41) is 1.20. The zero-order chi connectivity index (χ0) is 10.5. The minimum Gasteiger partial charge on any atom is -0.300 e. The quantitative estimate of drug-likeness (QED) is 0.546. The van der Waals surface area contributed by atoms with Crippen molar-refractivity contribution >= 4 is 15.9 Å². The van der Waals surface area contributed by atoms with E-state index in [0.717, 1.165) is 12.0 Å². The molecule has 1 unspecified atom stereocenters. The lowest BCUT2D eigenvalue weighted by molar-refractivity contribution is 0.120. The highest BCUT2D eigenvalue weighted by Gasteiger charge is 2.25. The maximum atomic E-state index is 3.65. The van der Waals surface area contributed by atoms with Crippen LogP contribution in [0.4, 0.5) is 0 Å². The lowest BCUT2D eigenvalue weighted by atomic mass is 9.96. The van der Waals surface area contributed by atoms with Crippen LogP contribution in [-0.2, 0) is 0 Å². The number of hydrogen-bond acceptors (Lipinski definition) is 1. The largest absolute Gasteiger partial charge is 0.300 e. The molecule has 15 heavy (non-hydrogen) atoms. The van der Waals surface area contributed by atoms with Crippen molar-refractivity contribution in [3.8, 4) is 0 Å². The molecular formula is C13H24BrN. The first-order valence-corrected chi connectivity index (χ1v) is 7.82. The normalized spacial score (nSPS) is 31.4.